The average Bonchev–Trinajstić information content (AvgIpc) is 3.53. The van der Waals surface area contributed by atoms with Gasteiger partial charge in [0.05, 0.1) is 84.6 Å². The van der Waals surface area contributed by atoms with Gasteiger partial charge in [-0.3, -0.25) is 4.79 Å². The van der Waals surface area contributed by atoms with Crippen molar-refractivity contribution in [3.8, 4) is 0 Å². The minimum absolute atomic E-state index is 0.0168. The predicted molar refractivity (Wildman–Crippen MR) is 255 cm³/mol. The van der Waals surface area contributed by atoms with Crippen molar-refractivity contribution in [2.24, 2.45) is 28.8 Å². The van der Waals surface area contributed by atoms with Crippen LogP contribution in [0.4, 0.5) is 0 Å². The van der Waals surface area contributed by atoms with Crippen molar-refractivity contribution < 1.29 is 79.9 Å². The Balaban J connectivity index is 0.00000232. The number of methoxy groups -OCH3 is 4. The summed E-state index contributed by atoms with van der Waals surface area (Å²) in [5.41, 5.74) is -3.35. The normalized spacial score (nSPS) is 42.1. The highest BCUT2D eigenvalue weighted by atomic mass is 32.2. The van der Waals surface area contributed by atoms with Crippen LogP contribution >= 0.6 is 0 Å². The Bertz CT molecular complexity index is 1810. The van der Waals surface area contributed by atoms with Crippen molar-refractivity contribution in [3.63, 3.8) is 0 Å². The van der Waals surface area contributed by atoms with Crippen LogP contribution in [-0.2, 0) is 62.4 Å². The Labute approximate surface area is 407 Å². The van der Waals surface area contributed by atoms with Crippen molar-refractivity contribution in [2.45, 2.75) is 185 Å². The number of carbonyl (C=O) groups is 1. The first kappa shape index (κ1) is 59.9. The standard InChI is InChI=1S/C48H83N2O13.CH4O3S/c1-18-36-48(10,53)41(51)30(4)38(49-63-34-23-21-19-20-22-24-34)28(2)26-46(8,56-16)42(62-45-40(54-14)35(50(11,12)13)25-29(3)58-45)31(5)39(32(6)44(52)60-36)61-37-27-47(9,57-17)43(55-15)33(7)59-37;1-5(2,3)4/h19-24,28-37,39-43,45,51,53H,18,25-27H2,1-17H3;1H3,(H,2,3,4)/q+1;/p-1/b49-38-;/t28-,29+,30-,31-,32+,33-,35-,36+,37-,39-,40+,41+,42+,43-,45-,46?,47+,48+;/m0./s1. The van der Waals surface area contributed by atoms with E-state index in [4.69, 9.17) is 65.6 Å². The SMILES string of the molecule is CC[C@H]1OC(=O)[C@H](C)[C@@H](O[C@H]2C[C@@](C)(OC)[C@@H](OC)[C@H](C)O2)[C@H](C)[C@@H](O[C@@H]2O[C@H](C)C[C@H]([N+](C)(C)C)[C@H]2OC)C(C)(OC)C[C@H](C)/C(=N/OC2C=CC=CC=C2)[C@H](C)[C@@H](O)[C@]1(C)O.CS(=O)(=O)[O-]. The Morgan fingerprint density at radius 2 is 1.40 bits per heavy atom. The molecule has 3 saturated heterocycles. The monoisotopic (exact) mass is 991 g/mol. The second-order valence-electron chi connectivity index (χ2n) is 20.7. The number of likely N-dealkylation sites (N-methyl/N-ethyl adjacent to an activating group) is 1. The average molecular weight is 991 g/mol. The Morgan fingerprint density at radius 3 is 1.90 bits per heavy atom. The van der Waals surface area contributed by atoms with E-state index >= 15 is 0 Å². The van der Waals surface area contributed by atoms with Crippen LogP contribution in [0.2, 0.25) is 0 Å². The highest BCUT2D eigenvalue weighted by Crippen LogP contribution is 2.43. The number of quaternary nitrogens is 1. The van der Waals surface area contributed by atoms with Gasteiger partial charge in [0.2, 0.25) is 0 Å². The summed E-state index contributed by atoms with van der Waals surface area (Å²) < 4.78 is 86.3. The smallest absolute Gasteiger partial charge is 0.311 e. The van der Waals surface area contributed by atoms with Gasteiger partial charge in [-0.2, -0.15) is 0 Å². The zero-order chi connectivity index (χ0) is 51.7. The lowest BCUT2D eigenvalue weighted by atomic mass is 9.73. The summed E-state index contributed by atoms with van der Waals surface area (Å²) in [6, 6.07) is 0.0168. The van der Waals surface area contributed by atoms with Gasteiger partial charge in [-0.25, -0.2) is 8.42 Å². The molecule has 0 bridgehead atoms. The molecule has 0 aromatic carbocycles. The van der Waals surface area contributed by atoms with Crippen LogP contribution < -0.4 is 0 Å². The van der Waals surface area contributed by atoms with Gasteiger partial charge in [-0.15, -0.1) is 0 Å². The quantitative estimate of drug-likeness (QED) is 0.115. The zero-order valence-electron chi connectivity index (χ0n) is 43.9. The number of oxime groups is 1. The molecular weight excluding hydrogens is 905 g/mol. The fourth-order valence-corrected chi connectivity index (χ4v) is 10.4. The number of ether oxygens (including phenoxy) is 9. The molecule has 3 heterocycles. The summed E-state index contributed by atoms with van der Waals surface area (Å²) in [7, 11) is 9.06. The Hall–Kier alpha value is -2.37. The summed E-state index contributed by atoms with van der Waals surface area (Å²) in [5, 5.41) is 29.1. The van der Waals surface area contributed by atoms with Gasteiger partial charge in [0.25, 0.3) is 0 Å². The third kappa shape index (κ3) is 15.3. The number of carbonyl (C=O) groups excluding carboxylic acids is 1. The molecule has 3 fully saturated rings. The van der Waals surface area contributed by atoms with E-state index < -0.39 is 118 Å². The van der Waals surface area contributed by atoms with Crippen LogP contribution in [-0.4, -0.2) is 186 Å². The number of hydrogen-bond acceptors (Lipinski definition) is 17. The molecule has 1 unspecified atom stereocenters. The first-order valence-electron chi connectivity index (χ1n) is 23.8. The molecule has 1 aliphatic carbocycles. The molecule has 18 nitrogen and oxygen atoms in total. The number of aliphatic hydroxyl groups excluding tert-OH is 1. The lowest BCUT2D eigenvalue weighted by molar-refractivity contribution is -0.903. The molecule has 0 aromatic rings. The molecule has 68 heavy (non-hydrogen) atoms. The van der Waals surface area contributed by atoms with Gasteiger partial charge in [-0.05, 0) is 66.5 Å². The van der Waals surface area contributed by atoms with Crippen LogP contribution in [0.25, 0.3) is 0 Å². The molecule has 0 radical (unpaired) electrons. The van der Waals surface area contributed by atoms with Crippen molar-refractivity contribution in [3.05, 3.63) is 36.5 Å². The number of nitrogens with zero attached hydrogens (tertiary/aromatic N) is 2. The summed E-state index contributed by atoms with van der Waals surface area (Å²) in [5.74, 6) is -3.38. The van der Waals surface area contributed by atoms with Crippen LogP contribution in [0.3, 0.4) is 0 Å². The fraction of sp³-hybridized carbons (Fsp3) is 0.837. The third-order valence-electron chi connectivity index (χ3n) is 14.3. The molecule has 2 N–H and O–H groups in total. The van der Waals surface area contributed by atoms with E-state index in [0.717, 1.165) is 6.42 Å². The van der Waals surface area contributed by atoms with Crippen LogP contribution in [0.1, 0.15) is 94.9 Å². The summed E-state index contributed by atoms with van der Waals surface area (Å²) in [6.07, 6.45) is 5.55. The van der Waals surface area contributed by atoms with E-state index in [1.165, 1.54) is 6.92 Å². The molecule has 0 saturated carbocycles. The molecule has 3 aliphatic heterocycles. The maximum absolute atomic E-state index is 14.7. The van der Waals surface area contributed by atoms with Crippen molar-refractivity contribution >= 4 is 21.8 Å². The van der Waals surface area contributed by atoms with E-state index in [1.54, 1.807) is 49.2 Å². The van der Waals surface area contributed by atoms with E-state index in [2.05, 4.69) is 21.1 Å². The van der Waals surface area contributed by atoms with Crippen molar-refractivity contribution in [1.29, 1.82) is 0 Å². The van der Waals surface area contributed by atoms with Gasteiger partial charge < -0.3 is 66.7 Å². The van der Waals surface area contributed by atoms with Gasteiger partial charge >= 0.3 is 5.97 Å². The van der Waals surface area contributed by atoms with Crippen molar-refractivity contribution in [2.75, 3.05) is 55.8 Å². The predicted octanol–water partition coefficient (Wildman–Crippen LogP) is 4.91. The van der Waals surface area contributed by atoms with E-state index in [9.17, 15) is 15.0 Å². The summed E-state index contributed by atoms with van der Waals surface area (Å²) in [6.45, 7) is 18.7. The van der Waals surface area contributed by atoms with Crippen LogP contribution in [0.5, 0.6) is 0 Å². The first-order valence-corrected chi connectivity index (χ1v) is 25.6. The van der Waals surface area contributed by atoms with E-state index in [-0.39, 0.29) is 18.6 Å². The largest absolute Gasteiger partial charge is 0.748 e. The molecule has 19 heteroatoms. The minimum atomic E-state index is -3.92. The fourth-order valence-electron chi connectivity index (χ4n) is 10.4. The lowest BCUT2D eigenvalue weighted by Crippen LogP contribution is -2.64. The molecule has 394 valence electrons. The number of cyclic esters (lactones) is 1. The molecule has 0 amide bonds. The molecular formula is C49H86N2O16S. The highest BCUT2D eigenvalue weighted by Gasteiger charge is 2.55. The van der Waals surface area contributed by atoms with Gasteiger partial charge in [0.1, 0.15) is 23.9 Å². The topological polar surface area (TPSA) is 219 Å². The molecule has 18 atom stereocenters. The second kappa shape index (κ2) is 24.8. The maximum Gasteiger partial charge on any atom is 0.311 e. The number of aliphatic hydroxyl groups is 2. The maximum atomic E-state index is 14.7. The minimum Gasteiger partial charge on any atom is -0.748 e. The van der Waals surface area contributed by atoms with E-state index in [0.29, 0.717) is 29.3 Å². The molecule has 4 aliphatic rings. The highest BCUT2D eigenvalue weighted by molar-refractivity contribution is 7.84. The number of esters is 1. The van der Waals surface area contributed by atoms with Gasteiger partial charge in [-0.1, -0.05) is 57.2 Å². The Morgan fingerprint density at radius 1 is 0.838 bits per heavy atom. The first-order chi connectivity index (χ1) is 31.4. The summed E-state index contributed by atoms with van der Waals surface area (Å²) >= 11 is 0. The molecule has 0 aromatic heterocycles. The number of allylic oxidation sites excluding steroid dienone is 4. The van der Waals surface area contributed by atoms with Gasteiger partial charge in [0, 0.05) is 65.3 Å². The second-order valence-corrected chi connectivity index (χ2v) is 22.2. The number of rotatable bonds is 12. The summed E-state index contributed by atoms with van der Waals surface area (Å²) in [4.78, 5) is 20.8. The third-order valence-corrected chi connectivity index (χ3v) is 14.3. The van der Waals surface area contributed by atoms with Gasteiger partial charge in [0.15, 0.2) is 24.8 Å². The van der Waals surface area contributed by atoms with Crippen LogP contribution in [0, 0.1) is 23.7 Å². The van der Waals surface area contributed by atoms with Crippen LogP contribution in [0.15, 0.2) is 41.6 Å². The number of hydrogen-bond donors (Lipinski definition) is 2. The van der Waals surface area contributed by atoms with Crippen molar-refractivity contribution in [1.82, 2.24) is 0 Å². The molecule has 0 spiro atoms. The lowest BCUT2D eigenvalue weighted by Gasteiger charge is -2.51. The Kier molecular flexibility index (Phi) is 21.9. The zero-order valence-corrected chi connectivity index (χ0v) is 44.8. The molecule has 4 rings (SSSR count). The van der Waals surface area contributed by atoms with E-state index in [1.807, 2.05) is 78.0 Å².